The molecule has 0 aliphatic carbocycles. The molecule has 158 valence electrons. The summed E-state index contributed by atoms with van der Waals surface area (Å²) in [5.41, 5.74) is 1.23. The Morgan fingerprint density at radius 1 is 1.10 bits per heavy atom. The smallest absolute Gasteiger partial charge is 0.306 e. The Morgan fingerprint density at radius 2 is 1.70 bits per heavy atom. The lowest BCUT2D eigenvalue weighted by Crippen LogP contribution is -2.27. The Kier molecular flexibility index (Phi) is 7.28. The van der Waals surface area contributed by atoms with E-state index in [0.29, 0.717) is 12.8 Å². The van der Waals surface area contributed by atoms with E-state index in [1.54, 1.807) is 0 Å². The largest absolute Gasteiger partial charge is 0.481 e. The van der Waals surface area contributed by atoms with E-state index >= 15 is 0 Å². The molecular formula is C27H33NO2. The van der Waals surface area contributed by atoms with Gasteiger partial charge in [-0.25, -0.2) is 0 Å². The van der Waals surface area contributed by atoms with Crippen molar-refractivity contribution in [1.82, 2.24) is 5.32 Å². The summed E-state index contributed by atoms with van der Waals surface area (Å²) in [6.07, 6.45) is 4.89. The Bertz CT molecular complexity index is 968. The first-order valence-corrected chi connectivity index (χ1v) is 10.8. The van der Waals surface area contributed by atoms with Gasteiger partial charge in [-0.15, -0.1) is 6.58 Å². The molecule has 0 aliphatic rings. The second-order valence-corrected chi connectivity index (χ2v) is 8.98. The molecule has 0 amide bonds. The normalized spacial score (nSPS) is 12.9. The monoisotopic (exact) mass is 403 g/mol. The van der Waals surface area contributed by atoms with Crippen molar-refractivity contribution in [3.8, 4) is 0 Å². The SMILES string of the molecule is C=CCNCCC(C)(C)CC(CCc1c2ccccc2cc2ccccc12)C(=O)O. The van der Waals surface area contributed by atoms with Crippen molar-refractivity contribution >= 4 is 27.5 Å². The van der Waals surface area contributed by atoms with Crippen molar-refractivity contribution in [2.75, 3.05) is 13.1 Å². The van der Waals surface area contributed by atoms with Crippen LogP contribution in [-0.4, -0.2) is 24.2 Å². The summed E-state index contributed by atoms with van der Waals surface area (Å²) in [7, 11) is 0. The summed E-state index contributed by atoms with van der Waals surface area (Å²) in [6, 6.07) is 19.1. The Hall–Kier alpha value is -2.65. The van der Waals surface area contributed by atoms with Gasteiger partial charge in [-0.05, 0) is 70.8 Å². The number of aryl methyl sites for hydroxylation is 1. The van der Waals surface area contributed by atoms with Crippen LogP contribution < -0.4 is 5.32 Å². The van der Waals surface area contributed by atoms with Gasteiger partial charge in [0, 0.05) is 6.54 Å². The quantitative estimate of drug-likeness (QED) is 0.227. The van der Waals surface area contributed by atoms with Crippen LogP contribution in [-0.2, 0) is 11.2 Å². The number of nitrogens with one attached hydrogen (secondary N) is 1. The maximum Gasteiger partial charge on any atom is 0.306 e. The van der Waals surface area contributed by atoms with E-state index in [1.165, 1.54) is 27.1 Å². The lowest BCUT2D eigenvalue weighted by Gasteiger charge is -2.28. The van der Waals surface area contributed by atoms with Crippen LogP contribution in [0.1, 0.15) is 38.7 Å². The zero-order valence-electron chi connectivity index (χ0n) is 18.2. The number of carbonyl (C=O) groups is 1. The van der Waals surface area contributed by atoms with Crippen LogP contribution in [0.4, 0.5) is 0 Å². The van der Waals surface area contributed by atoms with Gasteiger partial charge in [-0.2, -0.15) is 0 Å². The van der Waals surface area contributed by atoms with Gasteiger partial charge in [0.2, 0.25) is 0 Å². The summed E-state index contributed by atoms with van der Waals surface area (Å²) in [4.78, 5) is 12.1. The van der Waals surface area contributed by atoms with Crippen LogP contribution in [0, 0.1) is 11.3 Å². The van der Waals surface area contributed by atoms with Crippen molar-refractivity contribution in [3.63, 3.8) is 0 Å². The molecule has 0 bridgehead atoms. The second-order valence-electron chi connectivity index (χ2n) is 8.98. The van der Waals surface area contributed by atoms with Crippen LogP contribution in [0.15, 0.2) is 67.3 Å². The van der Waals surface area contributed by atoms with Gasteiger partial charge in [0.1, 0.15) is 0 Å². The summed E-state index contributed by atoms with van der Waals surface area (Å²) in [5.74, 6) is -1.04. The van der Waals surface area contributed by atoms with Crippen molar-refractivity contribution < 1.29 is 9.90 Å². The molecule has 0 fully saturated rings. The third-order valence-electron chi connectivity index (χ3n) is 6.04. The van der Waals surface area contributed by atoms with E-state index < -0.39 is 5.97 Å². The van der Waals surface area contributed by atoms with E-state index in [-0.39, 0.29) is 11.3 Å². The van der Waals surface area contributed by atoms with Crippen LogP contribution in [0.5, 0.6) is 0 Å². The van der Waals surface area contributed by atoms with E-state index in [1.807, 2.05) is 6.08 Å². The minimum absolute atomic E-state index is 0.0297. The predicted molar refractivity (Wildman–Crippen MR) is 127 cm³/mol. The van der Waals surface area contributed by atoms with E-state index in [0.717, 1.165) is 25.9 Å². The van der Waals surface area contributed by atoms with Crippen LogP contribution in [0.2, 0.25) is 0 Å². The fourth-order valence-corrected chi connectivity index (χ4v) is 4.41. The van der Waals surface area contributed by atoms with Crippen LogP contribution in [0.25, 0.3) is 21.5 Å². The molecule has 3 aromatic rings. The van der Waals surface area contributed by atoms with Crippen LogP contribution in [0.3, 0.4) is 0 Å². The molecule has 0 spiro atoms. The fourth-order valence-electron chi connectivity index (χ4n) is 4.41. The molecule has 0 aliphatic heterocycles. The van der Waals surface area contributed by atoms with Gasteiger partial charge in [0.15, 0.2) is 0 Å². The lowest BCUT2D eigenvalue weighted by atomic mass is 9.78. The molecule has 1 atom stereocenters. The molecule has 0 saturated heterocycles. The molecule has 0 aromatic heterocycles. The average Bonchev–Trinajstić information content (AvgIpc) is 2.73. The highest BCUT2D eigenvalue weighted by Crippen LogP contribution is 2.34. The van der Waals surface area contributed by atoms with Crippen LogP contribution >= 0.6 is 0 Å². The zero-order valence-corrected chi connectivity index (χ0v) is 18.2. The van der Waals surface area contributed by atoms with Gasteiger partial charge in [-0.3, -0.25) is 4.79 Å². The summed E-state index contributed by atoms with van der Waals surface area (Å²) in [5, 5.41) is 18.1. The lowest BCUT2D eigenvalue weighted by molar-refractivity contribution is -0.143. The van der Waals surface area contributed by atoms with Gasteiger partial charge in [0.05, 0.1) is 5.92 Å². The molecule has 2 N–H and O–H groups in total. The third-order valence-corrected chi connectivity index (χ3v) is 6.04. The Balaban J connectivity index is 1.80. The van der Waals surface area contributed by atoms with Crippen molar-refractivity contribution in [3.05, 3.63) is 72.8 Å². The van der Waals surface area contributed by atoms with Crippen molar-refractivity contribution in [2.45, 2.75) is 39.5 Å². The molecule has 30 heavy (non-hydrogen) atoms. The molecule has 3 heteroatoms. The Morgan fingerprint density at radius 3 is 2.27 bits per heavy atom. The highest BCUT2D eigenvalue weighted by Gasteiger charge is 2.27. The van der Waals surface area contributed by atoms with E-state index in [2.05, 4.69) is 80.3 Å². The van der Waals surface area contributed by atoms with Crippen molar-refractivity contribution in [1.29, 1.82) is 0 Å². The minimum Gasteiger partial charge on any atom is -0.481 e. The van der Waals surface area contributed by atoms with Gasteiger partial charge < -0.3 is 10.4 Å². The summed E-state index contributed by atoms with van der Waals surface area (Å²) in [6.45, 7) is 9.73. The number of benzene rings is 3. The summed E-state index contributed by atoms with van der Waals surface area (Å²) < 4.78 is 0. The van der Waals surface area contributed by atoms with E-state index in [4.69, 9.17) is 0 Å². The second kappa shape index (κ2) is 9.90. The highest BCUT2D eigenvalue weighted by atomic mass is 16.4. The number of carboxylic acid groups (broad SMARTS) is 1. The first-order valence-electron chi connectivity index (χ1n) is 10.8. The average molecular weight is 404 g/mol. The number of aliphatic carboxylic acids is 1. The van der Waals surface area contributed by atoms with Crippen molar-refractivity contribution in [2.24, 2.45) is 11.3 Å². The molecule has 0 heterocycles. The van der Waals surface area contributed by atoms with E-state index in [9.17, 15) is 9.90 Å². The number of fused-ring (bicyclic) bond motifs is 2. The zero-order chi connectivity index (χ0) is 21.6. The molecular weight excluding hydrogens is 370 g/mol. The summed E-state index contributed by atoms with van der Waals surface area (Å²) >= 11 is 0. The number of hydrogen-bond acceptors (Lipinski definition) is 2. The first kappa shape index (κ1) is 22.0. The first-order chi connectivity index (χ1) is 14.4. The third kappa shape index (κ3) is 5.48. The molecule has 3 rings (SSSR count). The number of rotatable bonds is 11. The maximum absolute atomic E-state index is 12.1. The standard InChI is InChI=1S/C27H33NO2/c1-4-16-28-17-15-27(2,3)19-22(26(29)30)13-14-25-23-11-7-5-9-20(23)18-21-10-6-8-12-24(21)25/h4-12,18,22,28H,1,13-17,19H2,2-3H3,(H,29,30). The fraction of sp³-hybridized carbons (Fsp3) is 0.370. The molecule has 0 saturated carbocycles. The molecule has 3 aromatic carbocycles. The molecule has 3 nitrogen and oxygen atoms in total. The molecule has 0 radical (unpaired) electrons. The van der Waals surface area contributed by atoms with Gasteiger partial charge in [-0.1, -0.05) is 68.5 Å². The molecule has 1 unspecified atom stereocenters. The highest BCUT2D eigenvalue weighted by molar-refractivity contribution is 6.02. The van der Waals surface area contributed by atoms with Gasteiger partial charge >= 0.3 is 5.97 Å². The maximum atomic E-state index is 12.1. The topological polar surface area (TPSA) is 49.3 Å². The Labute approximate surface area is 179 Å². The predicted octanol–water partition coefficient (Wildman–Crippen LogP) is 6.21. The number of carboxylic acids is 1. The minimum atomic E-state index is -0.688. The number of hydrogen-bond donors (Lipinski definition) is 2. The van der Waals surface area contributed by atoms with Gasteiger partial charge in [0.25, 0.3) is 0 Å².